The van der Waals surface area contributed by atoms with E-state index in [0.717, 1.165) is 6.61 Å². The zero-order valence-corrected chi connectivity index (χ0v) is 6.77. The highest BCUT2D eigenvalue weighted by molar-refractivity contribution is 4.88. The van der Waals surface area contributed by atoms with Crippen molar-refractivity contribution in [3.8, 4) is 0 Å². The topological polar surface area (TPSA) is 9.23 Å². The summed E-state index contributed by atoms with van der Waals surface area (Å²) < 4.78 is 5.41. The summed E-state index contributed by atoms with van der Waals surface area (Å²) >= 11 is 0. The molecule has 1 rings (SSSR count). The van der Waals surface area contributed by atoms with E-state index < -0.39 is 0 Å². The van der Waals surface area contributed by atoms with Crippen molar-refractivity contribution in [2.45, 2.75) is 33.8 Å². The van der Waals surface area contributed by atoms with Gasteiger partial charge in [-0.2, -0.15) is 0 Å². The van der Waals surface area contributed by atoms with E-state index in [0.29, 0.717) is 17.4 Å². The maximum absolute atomic E-state index is 5.41. The van der Waals surface area contributed by atoms with Gasteiger partial charge >= 0.3 is 0 Å². The summed E-state index contributed by atoms with van der Waals surface area (Å²) in [5, 5.41) is 0. The molecule has 0 aromatic carbocycles. The SMILES string of the molecule is CC(C)C1OCC1(C)C. The molecule has 0 amide bonds. The third kappa shape index (κ3) is 1.11. The standard InChI is InChI=1S/C8H16O/c1-6(2)7-8(3,4)5-9-7/h6-7H,5H2,1-4H3. The van der Waals surface area contributed by atoms with E-state index in [-0.39, 0.29) is 0 Å². The second-order valence-electron chi connectivity index (χ2n) is 3.96. The van der Waals surface area contributed by atoms with Crippen LogP contribution in [0.3, 0.4) is 0 Å². The average molecular weight is 128 g/mol. The van der Waals surface area contributed by atoms with Gasteiger partial charge in [-0.3, -0.25) is 0 Å². The first-order valence-electron chi connectivity index (χ1n) is 3.65. The van der Waals surface area contributed by atoms with Gasteiger partial charge in [0.1, 0.15) is 0 Å². The minimum Gasteiger partial charge on any atom is -0.377 e. The van der Waals surface area contributed by atoms with Gasteiger partial charge in [0.25, 0.3) is 0 Å². The Bertz CT molecular complexity index is 105. The number of ether oxygens (including phenoxy) is 1. The molecule has 54 valence electrons. The van der Waals surface area contributed by atoms with Gasteiger partial charge in [0.2, 0.25) is 0 Å². The Kier molecular flexibility index (Phi) is 1.55. The van der Waals surface area contributed by atoms with Crippen molar-refractivity contribution in [1.82, 2.24) is 0 Å². The molecule has 9 heavy (non-hydrogen) atoms. The lowest BCUT2D eigenvalue weighted by atomic mass is 9.77. The quantitative estimate of drug-likeness (QED) is 0.525. The zero-order valence-electron chi connectivity index (χ0n) is 6.77. The Morgan fingerprint density at radius 2 is 2.00 bits per heavy atom. The Morgan fingerprint density at radius 3 is 2.00 bits per heavy atom. The average Bonchev–Trinajstić information content (AvgIpc) is 1.62. The predicted molar refractivity (Wildman–Crippen MR) is 38.4 cm³/mol. The van der Waals surface area contributed by atoms with E-state index in [9.17, 15) is 0 Å². The maximum atomic E-state index is 5.41. The van der Waals surface area contributed by atoms with Crippen molar-refractivity contribution < 1.29 is 4.74 Å². The maximum Gasteiger partial charge on any atom is 0.0671 e. The molecule has 1 nitrogen and oxygen atoms in total. The van der Waals surface area contributed by atoms with Gasteiger partial charge in [0.15, 0.2) is 0 Å². The molecule has 1 fully saturated rings. The van der Waals surface area contributed by atoms with E-state index in [4.69, 9.17) is 4.74 Å². The van der Waals surface area contributed by atoms with Crippen LogP contribution in [0.5, 0.6) is 0 Å². The first-order valence-corrected chi connectivity index (χ1v) is 3.65. The summed E-state index contributed by atoms with van der Waals surface area (Å²) in [6.07, 6.45) is 0.498. The third-order valence-corrected chi connectivity index (χ3v) is 2.01. The normalized spacial score (nSPS) is 32.3. The molecule has 0 spiro atoms. The van der Waals surface area contributed by atoms with E-state index in [1.165, 1.54) is 0 Å². The smallest absolute Gasteiger partial charge is 0.0671 e. The summed E-state index contributed by atoms with van der Waals surface area (Å²) in [4.78, 5) is 0. The highest BCUT2D eigenvalue weighted by Crippen LogP contribution is 2.37. The molecule has 0 bridgehead atoms. The first-order chi connectivity index (χ1) is 4.04. The van der Waals surface area contributed by atoms with Gasteiger partial charge in [-0.15, -0.1) is 0 Å². The molecule has 1 unspecified atom stereocenters. The lowest BCUT2D eigenvalue weighted by Crippen LogP contribution is -2.50. The van der Waals surface area contributed by atoms with Gasteiger partial charge in [0, 0.05) is 5.41 Å². The number of hydrogen-bond acceptors (Lipinski definition) is 1. The number of hydrogen-bond donors (Lipinski definition) is 0. The molecule has 0 N–H and O–H groups in total. The molecule has 1 aliphatic rings. The largest absolute Gasteiger partial charge is 0.377 e. The van der Waals surface area contributed by atoms with Crippen LogP contribution < -0.4 is 0 Å². The van der Waals surface area contributed by atoms with Crippen LogP contribution in [-0.4, -0.2) is 12.7 Å². The van der Waals surface area contributed by atoms with Crippen LogP contribution in [0.1, 0.15) is 27.7 Å². The highest BCUT2D eigenvalue weighted by Gasteiger charge is 2.41. The summed E-state index contributed by atoms with van der Waals surface area (Å²) in [6.45, 7) is 9.90. The second-order valence-corrected chi connectivity index (χ2v) is 3.96. The van der Waals surface area contributed by atoms with Crippen molar-refractivity contribution in [3.05, 3.63) is 0 Å². The molecular weight excluding hydrogens is 112 g/mol. The van der Waals surface area contributed by atoms with Crippen molar-refractivity contribution in [2.24, 2.45) is 11.3 Å². The lowest BCUT2D eigenvalue weighted by Gasteiger charge is -2.46. The summed E-state index contributed by atoms with van der Waals surface area (Å²) in [5.74, 6) is 0.675. The predicted octanol–water partition coefficient (Wildman–Crippen LogP) is 2.07. The van der Waals surface area contributed by atoms with E-state index in [1.807, 2.05) is 0 Å². The van der Waals surface area contributed by atoms with Crippen LogP contribution in [0, 0.1) is 11.3 Å². The minimum atomic E-state index is 0.439. The van der Waals surface area contributed by atoms with Gasteiger partial charge in [0.05, 0.1) is 12.7 Å². The molecule has 0 aromatic heterocycles. The fourth-order valence-electron chi connectivity index (χ4n) is 1.61. The molecule has 0 aromatic rings. The fourth-order valence-corrected chi connectivity index (χ4v) is 1.61. The summed E-state index contributed by atoms with van der Waals surface area (Å²) in [7, 11) is 0. The van der Waals surface area contributed by atoms with Crippen molar-refractivity contribution in [3.63, 3.8) is 0 Å². The molecular formula is C8H16O. The molecule has 1 atom stereocenters. The second kappa shape index (κ2) is 1.98. The van der Waals surface area contributed by atoms with Crippen LogP contribution in [0.15, 0.2) is 0 Å². The monoisotopic (exact) mass is 128 g/mol. The van der Waals surface area contributed by atoms with Crippen LogP contribution in [0.25, 0.3) is 0 Å². The van der Waals surface area contributed by atoms with Gasteiger partial charge in [-0.05, 0) is 5.92 Å². The van der Waals surface area contributed by atoms with Crippen LogP contribution in [-0.2, 0) is 4.74 Å². The Hall–Kier alpha value is -0.0400. The molecule has 0 saturated carbocycles. The molecule has 1 heterocycles. The van der Waals surface area contributed by atoms with Gasteiger partial charge in [-0.1, -0.05) is 27.7 Å². The van der Waals surface area contributed by atoms with E-state index >= 15 is 0 Å². The van der Waals surface area contributed by atoms with Crippen molar-refractivity contribution >= 4 is 0 Å². The Labute approximate surface area is 57.4 Å². The highest BCUT2D eigenvalue weighted by atomic mass is 16.5. The summed E-state index contributed by atoms with van der Waals surface area (Å²) in [6, 6.07) is 0. The fraction of sp³-hybridized carbons (Fsp3) is 1.00. The van der Waals surface area contributed by atoms with Crippen molar-refractivity contribution in [2.75, 3.05) is 6.61 Å². The van der Waals surface area contributed by atoms with Crippen LogP contribution in [0.2, 0.25) is 0 Å². The lowest BCUT2D eigenvalue weighted by molar-refractivity contribution is -0.187. The van der Waals surface area contributed by atoms with Crippen LogP contribution in [0.4, 0.5) is 0 Å². The molecule has 0 radical (unpaired) electrons. The zero-order chi connectivity index (χ0) is 7.07. The first kappa shape index (κ1) is 7.07. The van der Waals surface area contributed by atoms with Crippen LogP contribution >= 0.6 is 0 Å². The van der Waals surface area contributed by atoms with Gasteiger partial charge < -0.3 is 4.74 Å². The molecule has 0 aliphatic carbocycles. The third-order valence-electron chi connectivity index (χ3n) is 2.01. The number of rotatable bonds is 1. The van der Waals surface area contributed by atoms with Gasteiger partial charge in [-0.25, -0.2) is 0 Å². The van der Waals surface area contributed by atoms with Crippen molar-refractivity contribution in [1.29, 1.82) is 0 Å². The molecule has 1 aliphatic heterocycles. The molecule has 1 saturated heterocycles. The van der Waals surface area contributed by atoms with E-state index in [1.54, 1.807) is 0 Å². The Balaban J connectivity index is 2.45. The van der Waals surface area contributed by atoms with E-state index in [2.05, 4.69) is 27.7 Å². The summed E-state index contributed by atoms with van der Waals surface area (Å²) in [5.41, 5.74) is 0.439. The molecule has 1 heteroatoms. The Morgan fingerprint density at radius 1 is 1.44 bits per heavy atom. The minimum absolute atomic E-state index is 0.439.